The van der Waals surface area contributed by atoms with Gasteiger partial charge in [0.05, 0.1) is 30.4 Å². The molecule has 1 amide bonds. The number of hydrogen-bond acceptors (Lipinski definition) is 5. The topological polar surface area (TPSA) is 94.4 Å². The molecule has 0 heterocycles. The molecule has 0 spiro atoms. The zero-order valence-corrected chi connectivity index (χ0v) is 12.3. The molecule has 6 nitrogen and oxygen atoms in total. The highest BCUT2D eigenvalue weighted by molar-refractivity contribution is 5.81. The van der Waals surface area contributed by atoms with Gasteiger partial charge in [-0.3, -0.25) is 4.79 Å². The minimum absolute atomic E-state index is 0.140. The van der Waals surface area contributed by atoms with Gasteiger partial charge in [0, 0.05) is 20.2 Å². The molecule has 0 saturated heterocycles. The molecule has 2 unspecified atom stereocenters. The fraction of sp³-hybridized carbons (Fsp3) is 0.467. The number of methoxy groups -OCH3 is 1. The number of aliphatic hydroxyl groups excluding tert-OH is 1. The first-order chi connectivity index (χ1) is 10.1. The molecule has 0 fully saturated rings. The van der Waals surface area contributed by atoms with Crippen molar-refractivity contribution >= 4 is 5.91 Å². The normalized spacial score (nSPS) is 13.2. The second-order valence-electron chi connectivity index (χ2n) is 4.66. The Hall–Kier alpha value is -1.94. The van der Waals surface area contributed by atoms with Gasteiger partial charge in [-0.15, -0.1) is 0 Å². The Bertz CT molecular complexity index is 482. The largest absolute Gasteiger partial charge is 0.387 e. The average molecular weight is 291 g/mol. The first kappa shape index (κ1) is 17.1. The molecule has 0 aliphatic carbocycles. The monoisotopic (exact) mass is 291 g/mol. The Morgan fingerprint density at radius 3 is 2.67 bits per heavy atom. The van der Waals surface area contributed by atoms with Crippen molar-refractivity contribution in [1.82, 2.24) is 10.6 Å². The Balaban J connectivity index is 2.39. The predicted octanol–water partition coefficient (Wildman–Crippen LogP) is 0.332. The molecule has 0 bridgehead atoms. The van der Waals surface area contributed by atoms with E-state index in [1.165, 1.54) is 0 Å². The van der Waals surface area contributed by atoms with Gasteiger partial charge in [-0.25, -0.2) is 0 Å². The molecule has 0 radical (unpaired) electrons. The van der Waals surface area contributed by atoms with Crippen LogP contribution in [0.15, 0.2) is 24.3 Å². The molecule has 0 aliphatic heterocycles. The maximum absolute atomic E-state index is 11.7. The van der Waals surface area contributed by atoms with E-state index in [1.807, 2.05) is 6.07 Å². The zero-order chi connectivity index (χ0) is 15.7. The number of aliphatic hydroxyl groups is 1. The molecule has 0 aliphatic rings. The van der Waals surface area contributed by atoms with Crippen LogP contribution in [0.5, 0.6) is 0 Å². The van der Waals surface area contributed by atoms with Gasteiger partial charge in [-0.05, 0) is 24.6 Å². The van der Waals surface area contributed by atoms with Crippen LogP contribution in [0.3, 0.4) is 0 Å². The lowest BCUT2D eigenvalue weighted by molar-refractivity contribution is -0.123. The fourth-order valence-corrected chi connectivity index (χ4v) is 1.71. The van der Waals surface area contributed by atoms with Gasteiger partial charge >= 0.3 is 0 Å². The van der Waals surface area contributed by atoms with Crippen LogP contribution in [0.2, 0.25) is 0 Å². The third-order valence-corrected chi connectivity index (χ3v) is 3.04. The number of ether oxygens (including phenoxy) is 1. The number of nitrogens with zero attached hydrogens (tertiary/aromatic N) is 1. The number of benzene rings is 1. The summed E-state index contributed by atoms with van der Waals surface area (Å²) in [4.78, 5) is 11.7. The van der Waals surface area contributed by atoms with Crippen molar-refractivity contribution in [1.29, 1.82) is 5.26 Å². The highest BCUT2D eigenvalue weighted by Crippen LogP contribution is 2.12. The molecule has 0 saturated carbocycles. The standard InChI is InChI=1S/C15H21N3O3/c1-11(15(20)17-7-8-21-2)18-10-14(19)13-5-3-12(9-16)4-6-13/h3-6,11,14,18-19H,7-8,10H2,1-2H3,(H,17,20). The van der Waals surface area contributed by atoms with E-state index in [1.54, 1.807) is 38.3 Å². The highest BCUT2D eigenvalue weighted by Gasteiger charge is 2.14. The first-order valence-electron chi connectivity index (χ1n) is 6.76. The van der Waals surface area contributed by atoms with Crippen molar-refractivity contribution in [2.24, 2.45) is 0 Å². The van der Waals surface area contributed by atoms with Crippen molar-refractivity contribution in [2.45, 2.75) is 19.1 Å². The summed E-state index contributed by atoms with van der Waals surface area (Å²) in [6, 6.07) is 8.32. The van der Waals surface area contributed by atoms with Gasteiger partial charge < -0.3 is 20.5 Å². The van der Waals surface area contributed by atoms with Gasteiger partial charge in [0.15, 0.2) is 0 Å². The second kappa shape index (κ2) is 9.08. The van der Waals surface area contributed by atoms with E-state index < -0.39 is 12.1 Å². The first-order valence-corrected chi connectivity index (χ1v) is 6.76. The SMILES string of the molecule is COCCNC(=O)C(C)NCC(O)c1ccc(C#N)cc1. The van der Waals surface area contributed by atoms with E-state index in [4.69, 9.17) is 10.00 Å². The van der Waals surface area contributed by atoms with E-state index in [0.29, 0.717) is 24.3 Å². The van der Waals surface area contributed by atoms with E-state index in [2.05, 4.69) is 10.6 Å². The van der Waals surface area contributed by atoms with Crippen molar-refractivity contribution in [3.8, 4) is 6.07 Å². The summed E-state index contributed by atoms with van der Waals surface area (Å²) in [5.41, 5.74) is 1.25. The second-order valence-corrected chi connectivity index (χ2v) is 4.66. The minimum Gasteiger partial charge on any atom is -0.387 e. The van der Waals surface area contributed by atoms with Gasteiger partial charge in [0.2, 0.25) is 5.91 Å². The molecule has 114 valence electrons. The maximum Gasteiger partial charge on any atom is 0.236 e. The van der Waals surface area contributed by atoms with E-state index >= 15 is 0 Å². The molecule has 1 aromatic carbocycles. The zero-order valence-electron chi connectivity index (χ0n) is 12.3. The summed E-state index contributed by atoms with van der Waals surface area (Å²) in [6.07, 6.45) is -0.730. The summed E-state index contributed by atoms with van der Waals surface area (Å²) >= 11 is 0. The summed E-state index contributed by atoms with van der Waals surface area (Å²) in [5.74, 6) is -0.140. The van der Waals surface area contributed by atoms with Crippen LogP contribution in [0.25, 0.3) is 0 Å². The minimum atomic E-state index is -0.730. The van der Waals surface area contributed by atoms with Gasteiger partial charge in [0.25, 0.3) is 0 Å². The van der Waals surface area contributed by atoms with Gasteiger partial charge in [-0.1, -0.05) is 12.1 Å². The number of nitrogens with one attached hydrogen (secondary N) is 2. The smallest absolute Gasteiger partial charge is 0.236 e. The number of hydrogen-bond donors (Lipinski definition) is 3. The molecular weight excluding hydrogens is 270 g/mol. The Morgan fingerprint density at radius 1 is 1.43 bits per heavy atom. The Morgan fingerprint density at radius 2 is 2.10 bits per heavy atom. The lowest BCUT2D eigenvalue weighted by Gasteiger charge is -2.17. The van der Waals surface area contributed by atoms with Crippen molar-refractivity contribution < 1.29 is 14.6 Å². The predicted molar refractivity (Wildman–Crippen MR) is 78.5 cm³/mol. The van der Waals surface area contributed by atoms with E-state index in [-0.39, 0.29) is 12.5 Å². The maximum atomic E-state index is 11.7. The molecule has 6 heteroatoms. The number of amides is 1. The van der Waals surface area contributed by atoms with Gasteiger partial charge in [0.1, 0.15) is 0 Å². The van der Waals surface area contributed by atoms with Crippen LogP contribution < -0.4 is 10.6 Å². The Kier molecular flexibility index (Phi) is 7.40. The molecular formula is C15H21N3O3. The lowest BCUT2D eigenvalue weighted by Crippen LogP contribution is -2.44. The van der Waals surface area contributed by atoms with Crippen molar-refractivity contribution in [2.75, 3.05) is 26.8 Å². The molecule has 3 N–H and O–H groups in total. The van der Waals surface area contributed by atoms with Crippen LogP contribution in [-0.4, -0.2) is 43.9 Å². The van der Waals surface area contributed by atoms with Crippen molar-refractivity contribution in [3.05, 3.63) is 35.4 Å². The van der Waals surface area contributed by atoms with Crippen LogP contribution in [0.1, 0.15) is 24.2 Å². The molecule has 2 atom stereocenters. The van der Waals surface area contributed by atoms with Crippen LogP contribution in [0, 0.1) is 11.3 Å². The summed E-state index contributed by atoms with van der Waals surface area (Å²) in [7, 11) is 1.57. The van der Waals surface area contributed by atoms with Crippen LogP contribution in [-0.2, 0) is 9.53 Å². The third kappa shape index (κ3) is 5.92. The number of nitriles is 1. The molecule has 1 aromatic rings. The number of carbonyl (C=O) groups excluding carboxylic acids is 1. The Labute approximate surface area is 124 Å². The van der Waals surface area contributed by atoms with Crippen LogP contribution >= 0.6 is 0 Å². The summed E-state index contributed by atoms with van der Waals surface area (Å²) < 4.78 is 4.85. The van der Waals surface area contributed by atoms with E-state index in [9.17, 15) is 9.90 Å². The fourth-order valence-electron chi connectivity index (χ4n) is 1.71. The molecule has 1 rings (SSSR count). The lowest BCUT2D eigenvalue weighted by atomic mass is 10.1. The number of rotatable bonds is 8. The van der Waals surface area contributed by atoms with Crippen LogP contribution in [0.4, 0.5) is 0 Å². The number of carbonyl (C=O) groups is 1. The summed E-state index contributed by atoms with van der Waals surface area (Å²) in [5, 5.41) is 24.4. The quantitative estimate of drug-likeness (QED) is 0.600. The highest BCUT2D eigenvalue weighted by atomic mass is 16.5. The van der Waals surface area contributed by atoms with Crippen molar-refractivity contribution in [3.63, 3.8) is 0 Å². The molecule has 0 aromatic heterocycles. The van der Waals surface area contributed by atoms with E-state index in [0.717, 1.165) is 0 Å². The van der Waals surface area contributed by atoms with Gasteiger partial charge in [-0.2, -0.15) is 5.26 Å². The summed E-state index contributed by atoms with van der Waals surface area (Å²) in [6.45, 7) is 2.91. The third-order valence-electron chi connectivity index (χ3n) is 3.04. The average Bonchev–Trinajstić information content (AvgIpc) is 2.52. The molecule has 21 heavy (non-hydrogen) atoms.